The van der Waals surface area contributed by atoms with Crippen molar-refractivity contribution >= 4 is 39.3 Å². The van der Waals surface area contributed by atoms with Crippen molar-refractivity contribution in [3.63, 3.8) is 0 Å². The van der Waals surface area contributed by atoms with Crippen LogP contribution in [0.15, 0.2) is 41.0 Å². The van der Waals surface area contributed by atoms with E-state index in [1.807, 2.05) is 0 Å². The number of nitrogens with one attached hydrogen (secondary N) is 1. The van der Waals surface area contributed by atoms with E-state index in [9.17, 15) is 4.79 Å². The van der Waals surface area contributed by atoms with Crippen molar-refractivity contribution in [2.75, 3.05) is 12.4 Å². The third-order valence-corrected chi connectivity index (χ3v) is 3.23. The summed E-state index contributed by atoms with van der Waals surface area (Å²) in [5.74, 6) is 0.806. The predicted octanol–water partition coefficient (Wildman–Crippen LogP) is 3.76. The molecule has 0 saturated carbocycles. The molecule has 0 bridgehead atoms. The Labute approximate surface area is 123 Å². The Morgan fingerprint density at radius 2 is 2.16 bits per heavy atom. The van der Waals surface area contributed by atoms with Crippen LogP contribution in [0.25, 0.3) is 0 Å². The third kappa shape index (κ3) is 3.45. The molecule has 0 atom stereocenters. The lowest BCUT2D eigenvalue weighted by Crippen LogP contribution is -2.12. The van der Waals surface area contributed by atoms with Gasteiger partial charge in [0.2, 0.25) is 0 Å². The second-order valence-electron chi connectivity index (χ2n) is 3.66. The number of benzene rings is 1. The Kier molecular flexibility index (Phi) is 4.39. The molecule has 0 radical (unpaired) electrons. The molecule has 4 nitrogen and oxygen atoms in total. The van der Waals surface area contributed by atoms with Gasteiger partial charge in [-0.3, -0.25) is 4.79 Å². The van der Waals surface area contributed by atoms with Crippen LogP contribution in [0.3, 0.4) is 0 Å². The normalized spacial score (nSPS) is 10.1. The summed E-state index contributed by atoms with van der Waals surface area (Å²) in [6, 6.07) is 8.28. The first-order valence-electron chi connectivity index (χ1n) is 5.36. The highest BCUT2D eigenvalue weighted by Crippen LogP contribution is 2.25. The first-order chi connectivity index (χ1) is 9.10. The number of carbonyl (C=O) groups excluding carboxylic acids is 1. The van der Waals surface area contributed by atoms with Crippen LogP contribution in [-0.2, 0) is 0 Å². The molecule has 0 aliphatic heterocycles. The maximum absolute atomic E-state index is 12.0. The maximum Gasteiger partial charge on any atom is 0.256 e. The summed E-state index contributed by atoms with van der Waals surface area (Å²) in [4.78, 5) is 16.0. The van der Waals surface area contributed by atoms with Gasteiger partial charge in [-0.25, -0.2) is 4.98 Å². The number of aromatic nitrogens is 1. The molecule has 0 aliphatic rings. The minimum absolute atomic E-state index is 0.266. The van der Waals surface area contributed by atoms with Gasteiger partial charge in [-0.2, -0.15) is 0 Å². The van der Waals surface area contributed by atoms with Gasteiger partial charge in [0.15, 0.2) is 0 Å². The van der Waals surface area contributed by atoms with Gasteiger partial charge in [-0.15, -0.1) is 0 Å². The molecule has 1 amide bonds. The number of carbonyl (C=O) groups is 1. The summed E-state index contributed by atoms with van der Waals surface area (Å²) in [5, 5.41) is 3.18. The number of hydrogen-bond donors (Lipinski definition) is 1. The number of hydrogen-bond acceptors (Lipinski definition) is 3. The molecule has 2 rings (SSSR count). The summed E-state index contributed by atoms with van der Waals surface area (Å²) >= 11 is 9.15. The van der Waals surface area contributed by atoms with Gasteiger partial charge in [0.05, 0.1) is 11.6 Å². The highest BCUT2D eigenvalue weighted by Gasteiger charge is 2.09. The van der Waals surface area contributed by atoms with E-state index in [1.54, 1.807) is 37.4 Å². The molecule has 0 unspecified atom stereocenters. The Bertz CT molecular complexity index is 619. The lowest BCUT2D eigenvalue weighted by Gasteiger charge is -2.07. The quantitative estimate of drug-likeness (QED) is 0.925. The van der Waals surface area contributed by atoms with Crippen LogP contribution in [0.4, 0.5) is 5.82 Å². The van der Waals surface area contributed by atoms with E-state index < -0.39 is 0 Å². The molecule has 1 heterocycles. The van der Waals surface area contributed by atoms with Crippen LogP contribution in [0.5, 0.6) is 5.75 Å². The molecule has 98 valence electrons. The maximum atomic E-state index is 12.0. The highest BCUT2D eigenvalue weighted by molar-refractivity contribution is 9.10. The zero-order valence-corrected chi connectivity index (χ0v) is 12.3. The van der Waals surface area contributed by atoms with Crippen molar-refractivity contribution in [3.05, 3.63) is 51.6 Å². The minimum Gasteiger partial charge on any atom is -0.496 e. The first-order valence-corrected chi connectivity index (χ1v) is 6.53. The van der Waals surface area contributed by atoms with Gasteiger partial charge < -0.3 is 10.1 Å². The molecular formula is C13H10BrClN2O2. The fourth-order valence-corrected chi connectivity index (χ4v) is 2.17. The van der Waals surface area contributed by atoms with Crippen LogP contribution in [0.2, 0.25) is 5.02 Å². The van der Waals surface area contributed by atoms with E-state index in [-0.39, 0.29) is 5.91 Å². The average molecular weight is 342 g/mol. The van der Waals surface area contributed by atoms with Crippen LogP contribution in [0.1, 0.15) is 10.4 Å². The van der Waals surface area contributed by atoms with E-state index in [4.69, 9.17) is 16.3 Å². The van der Waals surface area contributed by atoms with E-state index in [0.717, 1.165) is 0 Å². The van der Waals surface area contributed by atoms with E-state index in [0.29, 0.717) is 26.6 Å². The van der Waals surface area contributed by atoms with Crippen LogP contribution in [-0.4, -0.2) is 18.0 Å². The summed E-state index contributed by atoms with van der Waals surface area (Å²) in [5.41, 5.74) is 0.495. The van der Waals surface area contributed by atoms with Gasteiger partial charge >= 0.3 is 0 Å². The van der Waals surface area contributed by atoms with Crippen molar-refractivity contribution in [1.82, 2.24) is 4.98 Å². The van der Waals surface area contributed by atoms with Gasteiger partial charge in [-0.1, -0.05) is 11.6 Å². The molecule has 1 aromatic heterocycles. The number of rotatable bonds is 3. The number of anilines is 1. The van der Waals surface area contributed by atoms with E-state index in [2.05, 4.69) is 26.2 Å². The smallest absolute Gasteiger partial charge is 0.256 e. The summed E-state index contributed by atoms with van der Waals surface area (Å²) in [6.45, 7) is 0. The molecule has 19 heavy (non-hydrogen) atoms. The van der Waals surface area contributed by atoms with Crippen molar-refractivity contribution in [3.8, 4) is 5.75 Å². The first kappa shape index (κ1) is 13.8. The van der Waals surface area contributed by atoms with Crippen LogP contribution in [0, 0.1) is 0 Å². The molecule has 2 aromatic rings. The lowest BCUT2D eigenvalue weighted by atomic mass is 10.2. The van der Waals surface area contributed by atoms with Crippen molar-refractivity contribution in [1.29, 1.82) is 0 Å². The van der Waals surface area contributed by atoms with E-state index in [1.165, 1.54) is 6.20 Å². The molecule has 0 spiro atoms. The second-order valence-corrected chi connectivity index (χ2v) is 4.95. The number of halogens is 2. The topological polar surface area (TPSA) is 51.2 Å². The number of ether oxygens (including phenoxy) is 1. The summed E-state index contributed by atoms with van der Waals surface area (Å²) in [6.07, 6.45) is 1.53. The van der Waals surface area contributed by atoms with Crippen LogP contribution < -0.4 is 10.1 Å². The van der Waals surface area contributed by atoms with Gasteiger partial charge in [0.25, 0.3) is 5.91 Å². The molecule has 0 aliphatic carbocycles. The van der Waals surface area contributed by atoms with Crippen molar-refractivity contribution < 1.29 is 9.53 Å². The SMILES string of the molecule is COc1ccc(C(=O)Nc2cc(Cl)ccn2)cc1Br. The number of pyridine rings is 1. The largest absolute Gasteiger partial charge is 0.496 e. The molecule has 0 saturated heterocycles. The summed E-state index contributed by atoms with van der Waals surface area (Å²) in [7, 11) is 1.57. The molecule has 1 N–H and O–H groups in total. The average Bonchev–Trinajstić information content (AvgIpc) is 2.38. The lowest BCUT2D eigenvalue weighted by molar-refractivity contribution is 0.102. The van der Waals surface area contributed by atoms with Crippen molar-refractivity contribution in [2.45, 2.75) is 0 Å². The number of amides is 1. The monoisotopic (exact) mass is 340 g/mol. The molecule has 0 fully saturated rings. The Hall–Kier alpha value is -1.59. The zero-order valence-electron chi connectivity index (χ0n) is 9.98. The minimum atomic E-state index is -0.266. The van der Waals surface area contributed by atoms with Crippen LogP contribution >= 0.6 is 27.5 Å². The second kappa shape index (κ2) is 6.04. The number of nitrogens with zero attached hydrogens (tertiary/aromatic N) is 1. The van der Waals surface area contributed by atoms with Crippen molar-refractivity contribution in [2.24, 2.45) is 0 Å². The number of methoxy groups -OCH3 is 1. The third-order valence-electron chi connectivity index (χ3n) is 2.38. The summed E-state index contributed by atoms with van der Waals surface area (Å²) < 4.78 is 5.82. The fourth-order valence-electron chi connectivity index (χ4n) is 1.47. The highest BCUT2D eigenvalue weighted by atomic mass is 79.9. The zero-order chi connectivity index (χ0) is 13.8. The molecular weight excluding hydrogens is 332 g/mol. The molecule has 6 heteroatoms. The Balaban J connectivity index is 2.18. The fraction of sp³-hybridized carbons (Fsp3) is 0.0769. The Morgan fingerprint density at radius 1 is 1.37 bits per heavy atom. The van der Waals surface area contributed by atoms with Gasteiger partial charge in [-0.05, 0) is 46.3 Å². The van der Waals surface area contributed by atoms with Gasteiger partial charge in [0.1, 0.15) is 11.6 Å². The molecule has 1 aromatic carbocycles. The predicted molar refractivity (Wildman–Crippen MR) is 77.9 cm³/mol. The van der Waals surface area contributed by atoms with Gasteiger partial charge in [0, 0.05) is 16.8 Å². The van der Waals surface area contributed by atoms with E-state index >= 15 is 0 Å². The Morgan fingerprint density at radius 3 is 2.79 bits per heavy atom. The standard InChI is InChI=1S/C13H10BrClN2O2/c1-19-11-3-2-8(6-10(11)14)13(18)17-12-7-9(15)4-5-16-12/h2-7H,1H3,(H,16,17,18).